The predicted octanol–water partition coefficient (Wildman–Crippen LogP) is 4.97. The van der Waals surface area contributed by atoms with Crippen molar-refractivity contribution in [1.82, 2.24) is 29.3 Å². The third-order valence-electron chi connectivity index (χ3n) is 7.45. The second kappa shape index (κ2) is 11.7. The molecule has 0 spiro atoms. The Labute approximate surface area is 237 Å². The summed E-state index contributed by atoms with van der Waals surface area (Å²) >= 11 is 0. The van der Waals surface area contributed by atoms with E-state index >= 15 is 0 Å². The molecule has 1 aliphatic heterocycles. The number of nitrogens with zero attached hydrogens (tertiary/aromatic N) is 7. The maximum absolute atomic E-state index is 12.8. The monoisotopic (exact) mass is 549 g/mol. The number of likely N-dealkylation sites (tertiary alicyclic amines) is 1. The van der Waals surface area contributed by atoms with Crippen LogP contribution in [0.15, 0.2) is 67.3 Å². The smallest absolute Gasteiger partial charge is 0.411 e. The predicted molar refractivity (Wildman–Crippen MR) is 156 cm³/mol. The molecule has 11 nitrogen and oxygen atoms in total. The Balaban J connectivity index is 1.18. The van der Waals surface area contributed by atoms with Crippen molar-refractivity contribution in [2.75, 3.05) is 30.3 Å². The van der Waals surface area contributed by atoms with Crippen LogP contribution in [0.25, 0.3) is 16.4 Å². The number of aromatic nitrogens is 5. The summed E-state index contributed by atoms with van der Waals surface area (Å²) < 4.78 is 9.41. The molecular formula is C30H31N9O2. The second-order valence-corrected chi connectivity index (χ2v) is 10.1. The van der Waals surface area contributed by atoms with E-state index in [4.69, 9.17) is 10.00 Å². The van der Waals surface area contributed by atoms with Gasteiger partial charge in [-0.2, -0.15) is 15.5 Å². The number of ether oxygens (including phenoxy) is 1. The van der Waals surface area contributed by atoms with Gasteiger partial charge in [-0.3, -0.25) is 14.9 Å². The quantitative estimate of drug-likeness (QED) is 0.260. The first-order chi connectivity index (χ1) is 20.1. The number of benzene rings is 2. The van der Waals surface area contributed by atoms with Crippen LogP contribution in [0.1, 0.15) is 30.9 Å². The molecule has 1 aliphatic rings. The lowest BCUT2D eigenvalue weighted by Crippen LogP contribution is -2.38. The molecule has 41 heavy (non-hydrogen) atoms. The van der Waals surface area contributed by atoms with E-state index in [0.29, 0.717) is 43.9 Å². The number of carbonyl (C=O) groups is 1. The number of aryl methyl sites for hydroxylation is 1. The number of hydrogen-bond acceptors (Lipinski definition) is 8. The Hall–Kier alpha value is -4.95. The summed E-state index contributed by atoms with van der Waals surface area (Å²) in [7, 11) is 0. The van der Waals surface area contributed by atoms with E-state index in [1.54, 1.807) is 10.7 Å². The van der Waals surface area contributed by atoms with E-state index in [-0.39, 0.29) is 6.10 Å². The molecule has 0 radical (unpaired) electrons. The van der Waals surface area contributed by atoms with Crippen molar-refractivity contribution in [2.24, 2.45) is 0 Å². The van der Waals surface area contributed by atoms with Gasteiger partial charge in [0.15, 0.2) is 5.82 Å². The Bertz CT molecular complexity index is 1710. The molecule has 5 aromatic rings. The number of piperidine rings is 1. The first-order valence-electron chi connectivity index (χ1n) is 13.8. The fraction of sp³-hybridized carbons (Fsp3) is 0.300. The number of fused-ring (bicyclic) bond motifs is 2. The number of anilines is 3. The minimum atomic E-state index is -0.491. The van der Waals surface area contributed by atoms with Crippen LogP contribution in [0.5, 0.6) is 0 Å². The molecule has 1 amide bonds. The summed E-state index contributed by atoms with van der Waals surface area (Å²) in [5.41, 5.74) is 5.45. The number of rotatable bonds is 8. The number of nitrogens with one attached hydrogen (secondary N) is 2. The van der Waals surface area contributed by atoms with Crippen molar-refractivity contribution in [3.8, 4) is 6.07 Å². The molecule has 0 atom stereocenters. The van der Waals surface area contributed by atoms with Gasteiger partial charge in [0.05, 0.1) is 42.8 Å². The van der Waals surface area contributed by atoms with Crippen LogP contribution in [-0.2, 0) is 17.7 Å². The molecule has 4 heterocycles. The SMILES string of the molecule is CCc1c(NC(=O)OC2CCN(CC#N)CC2)cn2ncnc(Nc3ccc4c(cnn4Cc4ccccc4)c3)c12. The van der Waals surface area contributed by atoms with Crippen LogP contribution in [-0.4, -0.2) is 61.1 Å². The Morgan fingerprint density at radius 3 is 2.76 bits per heavy atom. The molecule has 0 bridgehead atoms. The van der Waals surface area contributed by atoms with Gasteiger partial charge in [0.25, 0.3) is 0 Å². The van der Waals surface area contributed by atoms with Crippen LogP contribution in [0.2, 0.25) is 0 Å². The van der Waals surface area contributed by atoms with Gasteiger partial charge in [-0.15, -0.1) is 0 Å². The van der Waals surface area contributed by atoms with E-state index in [1.807, 2.05) is 42.1 Å². The van der Waals surface area contributed by atoms with Gasteiger partial charge in [-0.25, -0.2) is 14.3 Å². The van der Waals surface area contributed by atoms with Crippen molar-refractivity contribution < 1.29 is 9.53 Å². The second-order valence-electron chi connectivity index (χ2n) is 10.1. The van der Waals surface area contributed by atoms with E-state index in [0.717, 1.165) is 40.8 Å². The minimum Gasteiger partial charge on any atom is -0.446 e. The number of hydrogen-bond donors (Lipinski definition) is 2. The molecule has 6 rings (SSSR count). The molecule has 3 aromatic heterocycles. The fourth-order valence-corrected chi connectivity index (χ4v) is 5.39. The molecule has 1 saturated heterocycles. The van der Waals surface area contributed by atoms with Gasteiger partial charge in [0.2, 0.25) is 0 Å². The zero-order chi connectivity index (χ0) is 28.2. The first-order valence-corrected chi connectivity index (χ1v) is 13.8. The first kappa shape index (κ1) is 26.3. The van der Waals surface area contributed by atoms with E-state index < -0.39 is 6.09 Å². The van der Waals surface area contributed by atoms with Crippen molar-refractivity contribution in [1.29, 1.82) is 5.26 Å². The molecule has 2 N–H and O–H groups in total. The topological polar surface area (TPSA) is 125 Å². The number of carbonyl (C=O) groups excluding carboxylic acids is 1. The van der Waals surface area contributed by atoms with E-state index in [1.165, 1.54) is 11.9 Å². The lowest BCUT2D eigenvalue weighted by Gasteiger charge is -2.29. The average Bonchev–Trinajstić information content (AvgIpc) is 3.55. The Morgan fingerprint density at radius 1 is 1.15 bits per heavy atom. The molecule has 1 fully saturated rings. The van der Waals surface area contributed by atoms with E-state index in [2.05, 4.69) is 61.0 Å². The number of nitriles is 1. The number of amides is 1. The lowest BCUT2D eigenvalue weighted by molar-refractivity contribution is 0.0627. The molecule has 2 aromatic carbocycles. The van der Waals surface area contributed by atoms with Crippen molar-refractivity contribution in [3.05, 3.63) is 78.4 Å². The summed E-state index contributed by atoms with van der Waals surface area (Å²) in [5.74, 6) is 0.638. The third kappa shape index (κ3) is 5.69. The highest BCUT2D eigenvalue weighted by atomic mass is 16.6. The standard InChI is InChI=1S/C30H31N9O2/c1-2-25-26(36-30(40)41-24-10-13-37(14-11-24)15-12-31)19-39-28(25)29(32-20-34-39)35-23-8-9-27-22(16-23)17-33-38(27)18-21-6-4-3-5-7-21/h3-9,16-17,19-20,24H,2,10-11,13-15,18H2,1H3,(H,36,40)(H,32,34,35). The lowest BCUT2D eigenvalue weighted by atomic mass is 10.1. The van der Waals surface area contributed by atoms with Crippen molar-refractivity contribution in [3.63, 3.8) is 0 Å². The highest BCUT2D eigenvalue weighted by Crippen LogP contribution is 2.31. The normalized spacial score (nSPS) is 14.2. The molecule has 208 valence electrons. The average molecular weight is 550 g/mol. The summed E-state index contributed by atoms with van der Waals surface area (Å²) in [6.07, 6.45) is 6.56. The van der Waals surface area contributed by atoms with Crippen LogP contribution < -0.4 is 10.6 Å². The van der Waals surface area contributed by atoms with E-state index in [9.17, 15) is 4.79 Å². The largest absolute Gasteiger partial charge is 0.446 e. The Morgan fingerprint density at radius 2 is 1.98 bits per heavy atom. The molecule has 11 heteroatoms. The van der Waals surface area contributed by atoms with Crippen molar-refractivity contribution in [2.45, 2.75) is 38.8 Å². The maximum atomic E-state index is 12.8. The molecule has 0 aliphatic carbocycles. The van der Waals surface area contributed by atoms with Gasteiger partial charge < -0.3 is 10.1 Å². The van der Waals surface area contributed by atoms with Crippen molar-refractivity contribution >= 4 is 39.7 Å². The van der Waals surface area contributed by atoms with Gasteiger partial charge in [0.1, 0.15) is 17.9 Å². The van der Waals surface area contributed by atoms with Crippen LogP contribution >= 0.6 is 0 Å². The van der Waals surface area contributed by atoms with Gasteiger partial charge in [-0.1, -0.05) is 37.3 Å². The maximum Gasteiger partial charge on any atom is 0.411 e. The highest BCUT2D eigenvalue weighted by Gasteiger charge is 2.23. The van der Waals surface area contributed by atoms with Crippen LogP contribution in [0.3, 0.4) is 0 Å². The van der Waals surface area contributed by atoms with Crippen LogP contribution in [0.4, 0.5) is 22.0 Å². The van der Waals surface area contributed by atoms with Gasteiger partial charge in [-0.05, 0) is 43.0 Å². The van der Waals surface area contributed by atoms with Gasteiger partial charge in [0, 0.05) is 29.7 Å². The Kier molecular flexibility index (Phi) is 7.47. The molecular weight excluding hydrogens is 518 g/mol. The summed E-state index contributed by atoms with van der Waals surface area (Å²) in [5, 5.41) is 25.2. The van der Waals surface area contributed by atoms with Gasteiger partial charge >= 0.3 is 6.09 Å². The van der Waals surface area contributed by atoms with Crippen LogP contribution in [0, 0.1) is 11.3 Å². The highest BCUT2D eigenvalue weighted by molar-refractivity contribution is 5.91. The minimum absolute atomic E-state index is 0.170. The summed E-state index contributed by atoms with van der Waals surface area (Å²) in [6.45, 7) is 4.62. The third-order valence-corrected chi connectivity index (χ3v) is 7.45. The molecule has 0 unspecified atom stereocenters. The summed E-state index contributed by atoms with van der Waals surface area (Å²) in [6, 6.07) is 18.5. The fourth-order valence-electron chi connectivity index (χ4n) is 5.39. The zero-order valence-electron chi connectivity index (χ0n) is 22.8. The molecule has 0 saturated carbocycles. The summed E-state index contributed by atoms with van der Waals surface area (Å²) in [4.78, 5) is 19.4. The zero-order valence-corrected chi connectivity index (χ0v) is 22.8.